The number of carbonyl (C=O) groups is 2. The van der Waals surface area contributed by atoms with Crippen molar-refractivity contribution < 1.29 is 18.4 Å². The third-order valence-corrected chi connectivity index (χ3v) is 6.99. The quantitative estimate of drug-likeness (QED) is 0.567. The highest BCUT2D eigenvalue weighted by atomic mass is 19.3. The maximum absolute atomic E-state index is 14.7. The van der Waals surface area contributed by atoms with E-state index < -0.39 is 11.8 Å². The summed E-state index contributed by atoms with van der Waals surface area (Å²) in [7, 11) is 0. The van der Waals surface area contributed by atoms with Crippen molar-refractivity contribution in [3.8, 4) is 0 Å². The van der Waals surface area contributed by atoms with Gasteiger partial charge < -0.3 is 10.2 Å². The Labute approximate surface area is 208 Å². The maximum Gasteiger partial charge on any atom is 0.349 e. The van der Waals surface area contributed by atoms with Gasteiger partial charge >= 0.3 is 5.92 Å². The van der Waals surface area contributed by atoms with Gasteiger partial charge in [0.25, 0.3) is 5.91 Å². The summed E-state index contributed by atoms with van der Waals surface area (Å²) in [5.41, 5.74) is 2.17. The second-order valence-corrected chi connectivity index (χ2v) is 9.23. The molecule has 0 unspecified atom stereocenters. The number of carbonyl (C=O) groups excluding carboxylic acids is 2. The van der Waals surface area contributed by atoms with E-state index in [2.05, 4.69) is 15.5 Å². The molecule has 7 nitrogen and oxygen atoms in total. The Morgan fingerprint density at radius 2 is 1.61 bits per heavy atom. The molecule has 9 heteroatoms. The minimum atomic E-state index is -3.54. The van der Waals surface area contributed by atoms with Gasteiger partial charge in [-0.3, -0.25) is 14.5 Å². The zero-order valence-electron chi connectivity index (χ0n) is 19.7. The molecule has 0 saturated carbocycles. The van der Waals surface area contributed by atoms with Crippen LogP contribution in [0.1, 0.15) is 29.9 Å². The first-order chi connectivity index (χ1) is 17.4. The molecule has 3 aromatic rings. The van der Waals surface area contributed by atoms with Crippen molar-refractivity contribution in [2.75, 3.05) is 31.1 Å². The molecular formula is C27H27F2N5O2. The topological polar surface area (TPSA) is 78.4 Å². The van der Waals surface area contributed by atoms with Gasteiger partial charge in [0.2, 0.25) is 5.91 Å². The standard InChI is InChI=1S/C27H27F2N5O2/c28-27(29,22-4-2-1-3-5-22)26(36)33-14-11-20(12-15-33)19-6-8-23(9-7-19)34(24-10-13-31-32-18-24)25(35)21-16-30-17-21/h1-10,13,18,20-21,30H,11-12,14-17H2. The number of anilines is 2. The summed E-state index contributed by atoms with van der Waals surface area (Å²) in [4.78, 5) is 28.7. The van der Waals surface area contributed by atoms with Gasteiger partial charge in [-0.05, 0) is 42.5 Å². The number of rotatable bonds is 6. The van der Waals surface area contributed by atoms with E-state index in [1.165, 1.54) is 29.2 Å². The maximum atomic E-state index is 14.7. The van der Waals surface area contributed by atoms with Crippen molar-refractivity contribution in [1.82, 2.24) is 20.4 Å². The largest absolute Gasteiger partial charge is 0.349 e. The SMILES string of the molecule is O=C(C1CNC1)N(c1ccc(C2CCN(C(=O)C(F)(F)c3ccccc3)CC2)cc1)c1ccnnc1. The van der Waals surface area contributed by atoms with Gasteiger partial charge in [-0.2, -0.15) is 19.0 Å². The second kappa shape index (κ2) is 10.1. The van der Waals surface area contributed by atoms with Crippen LogP contribution in [0.4, 0.5) is 20.2 Å². The molecule has 1 N–H and O–H groups in total. The van der Waals surface area contributed by atoms with E-state index in [4.69, 9.17) is 0 Å². The summed E-state index contributed by atoms with van der Waals surface area (Å²) in [6.07, 6.45) is 4.32. The fourth-order valence-electron chi connectivity index (χ4n) is 4.75. The predicted octanol–water partition coefficient (Wildman–Crippen LogP) is 3.86. The lowest BCUT2D eigenvalue weighted by molar-refractivity contribution is -0.160. The van der Waals surface area contributed by atoms with Gasteiger partial charge in [0, 0.05) is 37.4 Å². The molecule has 0 spiro atoms. The van der Waals surface area contributed by atoms with Crippen molar-refractivity contribution >= 4 is 23.2 Å². The zero-order chi connectivity index (χ0) is 25.1. The van der Waals surface area contributed by atoms with Gasteiger partial charge in [-0.25, -0.2) is 0 Å². The van der Waals surface area contributed by atoms with E-state index in [1.54, 1.807) is 29.4 Å². The van der Waals surface area contributed by atoms with Crippen LogP contribution in [0.3, 0.4) is 0 Å². The first-order valence-electron chi connectivity index (χ1n) is 12.1. The summed E-state index contributed by atoms with van der Waals surface area (Å²) >= 11 is 0. The minimum absolute atomic E-state index is 0.000616. The molecule has 2 aromatic carbocycles. The average Bonchev–Trinajstić information content (AvgIpc) is 2.89. The van der Waals surface area contributed by atoms with Crippen molar-refractivity contribution in [3.63, 3.8) is 0 Å². The molecular weight excluding hydrogens is 464 g/mol. The summed E-state index contributed by atoms with van der Waals surface area (Å²) in [6, 6.07) is 16.7. The van der Waals surface area contributed by atoms with Crippen LogP contribution >= 0.6 is 0 Å². The number of likely N-dealkylation sites (tertiary alicyclic amines) is 1. The Morgan fingerprint density at radius 3 is 2.19 bits per heavy atom. The fourth-order valence-corrected chi connectivity index (χ4v) is 4.75. The molecule has 0 aliphatic carbocycles. The third kappa shape index (κ3) is 4.70. The summed E-state index contributed by atoms with van der Waals surface area (Å²) in [6.45, 7) is 1.84. The Bertz CT molecular complexity index is 1200. The summed E-state index contributed by atoms with van der Waals surface area (Å²) in [5, 5.41) is 10.9. The summed E-state index contributed by atoms with van der Waals surface area (Å²) in [5.74, 6) is -4.62. The Hall–Kier alpha value is -3.72. The molecule has 1 aromatic heterocycles. The van der Waals surface area contributed by atoms with Crippen LogP contribution in [0.15, 0.2) is 73.1 Å². The molecule has 36 heavy (non-hydrogen) atoms. The van der Waals surface area contributed by atoms with Crippen LogP contribution in [-0.2, 0) is 15.5 Å². The van der Waals surface area contributed by atoms with Gasteiger partial charge in [0.05, 0.1) is 24.0 Å². The van der Waals surface area contributed by atoms with Crippen LogP contribution in [0, 0.1) is 5.92 Å². The molecule has 3 heterocycles. The number of alkyl halides is 2. The molecule has 0 radical (unpaired) electrons. The number of aromatic nitrogens is 2. The number of hydrogen-bond acceptors (Lipinski definition) is 5. The van der Waals surface area contributed by atoms with Crippen LogP contribution in [0.5, 0.6) is 0 Å². The number of piperidine rings is 1. The van der Waals surface area contributed by atoms with E-state index in [0.29, 0.717) is 31.6 Å². The lowest BCUT2D eigenvalue weighted by Gasteiger charge is -2.35. The highest BCUT2D eigenvalue weighted by molar-refractivity contribution is 6.02. The molecule has 2 saturated heterocycles. The first kappa shape index (κ1) is 24.0. The lowest BCUT2D eigenvalue weighted by atomic mass is 9.89. The van der Waals surface area contributed by atoms with Crippen LogP contribution < -0.4 is 10.2 Å². The van der Waals surface area contributed by atoms with Crippen molar-refractivity contribution in [3.05, 3.63) is 84.2 Å². The molecule has 2 fully saturated rings. The summed E-state index contributed by atoms with van der Waals surface area (Å²) < 4.78 is 29.5. The van der Waals surface area contributed by atoms with E-state index in [0.717, 1.165) is 11.3 Å². The van der Waals surface area contributed by atoms with E-state index in [1.807, 2.05) is 24.3 Å². The lowest BCUT2D eigenvalue weighted by Crippen LogP contribution is -2.51. The number of nitrogens with one attached hydrogen (secondary N) is 1. The van der Waals surface area contributed by atoms with E-state index in [9.17, 15) is 18.4 Å². The van der Waals surface area contributed by atoms with Gasteiger partial charge in [-0.15, -0.1) is 0 Å². The number of halogens is 2. The van der Waals surface area contributed by atoms with Crippen molar-refractivity contribution in [2.45, 2.75) is 24.7 Å². The normalized spacial score (nSPS) is 16.9. The van der Waals surface area contributed by atoms with Crippen molar-refractivity contribution in [2.24, 2.45) is 5.92 Å². The molecule has 2 aliphatic heterocycles. The number of benzene rings is 2. The third-order valence-electron chi connectivity index (χ3n) is 6.99. The number of hydrogen-bond donors (Lipinski definition) is 1. The number of amides is 2. The van der Waals surface area contributed by atoms with E-state index in [-0.39, 0.29) is 36.4 Å². The molecule has 2 amide bonds. The molecule has 5 rings (SSSR count). The highest BCUT2D eigenvalue weighted by Crippen LogP contribution is 2.35. The Kier molecular flexibility index (Phi) is 6.73. The van der Waals surface area contributed by atoms with Crippen LogP contribution in [0.2, 0.25) is 0 Å². The van der Waals surface area contributed by atoms with Crippen molar-refractivity contribution in [1.29, 1.82) is 0 Å². The van der Waals surface area contributed by atoms with Crippen LogP contribution in [-0.4, -0.2) is 53.1 Å². The average molecular weight is 492 g/mol. The zero-order valence-corrected chi connectivity index (χ0v) is 19.7. The fraction of sp³-hybridized carbons (Fsp3) is 0.333. The minimum Gasteiger partial charge on any atom is -0.337 e. The number of nitrogens with zero attached hydrogens (tertiary/aromatic N) is 4. The Morgan fingerprint density at radius 1 is 0.917 bits per heavy atom. The van der Waals surface area contributed by atoms with Crippen LogP contribution in [0.25, 0.3) is 0 Å². The molecule has 0 bridgehead atoms. The van der Waals surface area contributed by atoms with Gasteiger partial charge in [0.15, 0.2) is 0 Å². The van der Waals surface area contributed by atoms with E-state index >= 15 is 0 Å². The highest BCUT2D eigenvalue weighted by Gasteiger charge is 2.44. The predicted molar refractivity (Wildman–Crippen MR) is 131 cm³/mol. The van der Waals surface area contributed by atoms with Gasteiger partial charge in [0.1, 0.15) is 0 Å². The monoisotopic (exact) mass is 491 g/mol. The second-order valence-electron chi connectivity index (χ2n) is 9.23. The van der Waals surface area contributed by atoms with Gasteiger partial charge in [-0.1, -0.05) is 42.5 Å². The smallest absolute Gasteiger partial charge is 0.337 e. The molecule has 2 aliphatic rings. The molecule has 0 atom stereocenters. The molecule has 186 valence electrons. The Balaban J connectivity index is 1.26. The first-order valence-corrected chi connectivity index (χ1v) is 12.1.